The SMILES string of the molecule is CC(=O)Nc1ccc(S(=O)(=O)Oc2ccc(/C=N\NC(=O)c3ccc(Cl)cc3Cl)cc2Br)cc1. The molecule has 0 radical (unpaired) electrons. The summed E-state index contributed by atoms with van der Waals surface area (Å²) >= 11 is 15.1. The maximum Gasteiger partial charge on any atom is 0.339 e. The first-order chi connectivity index (χ1) is 16.0. The standard InChI is InChI=1S/C22H16BrCl2N3O5S/c1-13(29)27-16-4-6-17(7-5-16)34(31,32)33-21-9-2-14(10-19(21)23)12-26-28-22(30)18-8-3-15(24)11-20(18)25/h2-12H,1H3,(H,27,29)(H,28,30)/b26-12-. The minimum Gasteiger partial charge on any atom is -0.378 e. The van der Waals surface area contributed by atoms with Crippen LogP contribution >= 0.6 is 39.1 Å². The van der Waals surface area contributed by atoms with Crippen LogP contribution < -0.4 is 14.9 Å². The van der Waals surface area contributed by atoms with Gasteiger partial charge in [-0.25, -0.2) is 5.43 Å². The Hall–Kier alpha value is -2.92. The van der Waals surface area contributed by atoms with Gasteiger partial charge in [0.05, 0.1) is 21.3 Å². The number of hydrogen-bond acceptors (Lipinski definition) is 6. The highest BCUT2D eigenvalue weighted by Gasteiger charge is 2.18. The minimum atomic E-state index is -4.12. The lowest BCUT2D eigenvalue weighted by Crippen LogP contribution is -2.18. The van der Waals surface area contributed by atoms with Crippen molar-refractivity contribution in [3.8, 4) is 5.75 Å². The van der Waals surface area contributed by atoms with Crippen LogP contribution in [-0.4, -0.2) is 26.4 Å². The van der Waals surface area contributed by atoms with Gasteiger partial charge in [-0.3, -0.25) is 9.59 Å². The summed E-state index contributed by atoms with van der Waals surface area (Å²) in [5, 5.41) is 7.03. The van der Waals surface area contributed by atoms with E-state index in [-0.39, 0.29) is 27.1 Å². The monoisotopic (exact) mass is 583 g/mol. The van der Waals surface area contributed by atoms with Crippen molar-refractivity contribution in [3.63, 3.8) is 0 Å². The van der Waals surface area contributed by atoms with Gasteiger partial charge < -0.3 is 9.50 Å². The summed E-state index contributed by atoms with van der Waals surface area (Å²) in [6, 6.07) is 14.6. The quantitative estimate of drug-likeness (QED) is 0.224. The molecular formula is C22H16BrCl2N3O5S. The molecule has 0 aliphatic rings. The Labute approximate surface area is 214 Å². The van der Waals surface area contributed by atoms with Crippen LogP contribution in [0.2, 0.25) is 10.0 Å². The average molecular weight is 585 g/mol. The van der Waals surface area contributed by atoms with Crippen LogP contribution in [-0.2, 0) is 14.9 Å². The van der Waals surface area contributed by atoms with E-state index in [9.17, 15) is 18.0 Å². The van der Waals surface area contributed by atoms with Crippen LogP contribution in [0.15, 0.2) is 75.1 Å². The number of hydrogen-bond donors (Lipinski definition) is 2. The molecule has 0 spiro atoms. The molecule has 3 aromatic carbocycles. The summed E-state index contributed by atoms with van der Waals surface area (Å²) in [6.07, 6.45) is 1.37. The summed E-state index contributed by atoms with van der Waals surface area (Å²) in [5.74, 6) is -0.736. The smallest absolute Gasteiger partial charge is 0.339 e. The lowest BCUT2D eigenvalue weighted by molar-refractivity contribution is -0.114. The summed E-state index contributed by atoms with van der Waals surface area (Å²) in [7, 11) is -4.12. The van der Waals surface area contributed by atoms with Gasteiger partial charge in [-0.2, -0.15) is 13.5 Å². The molecular weight excluding hydrogens is 569 g/mol. The lowest BCUT2D eigenvalue weighted by Gasteiger charge is -2.10. The highest BCUT2D eigenvalue weighted by atomic mass is 79.9. The number of nitrogens with one attached hydrogen (secondary N) is 2. The molecule has 0 fully saturated rings. The Bertz CT molecular complexity index is 1380. The number of halogens is 3. The molecule has 0 unspecified atom stereocenters. The number of amides is 2. The summed E-state index contributed by atoms with van der Waals surface area (Å²) < 4.78 is 30.7. The van der Waals surface area contributed by atoms with Crippen LogP contribution in [0.1, 0.15) is 22.8 Å². The van der Waals surface area contributed by atoms with Gasteiger partial charge in [-0.1, -0.05) is 23.2 Å². The predicted octanol–water partition coefficient (Wildman–Crippen LogP) is 5.25. The number of nitrogens with zero attached hydrogens (tertiary/aromatic N) is 1. The topological polar surface area (TPSA) is 114 Å². The maximum atomic E-state index is 12.6. The highest BCUT2D eigenvalue weighted by Crippen LogP contribution is 2.29. The molecule has 0 atom stereocenters. The maximum absolute atomic E-state index is 12.6. The van der Waals surface area contributed by atoms with E-state index in [1.165, 1.54) is 61.7 Å². The van der Waals surface area contributed by atoms with Crippen LogP contribution in [0.5, 0.6) is 5.75 Å². The van der Waals surface area contributed by atoms with E-state index in [0.717, 1.165) is 0 Å². The Morgan fingerprint density at radius 1 is 1.03 bits per heavy atom. The second kappa shape index (κ2) is 11.0. The van der Waals surface area contributed by atoms with Gasteiger partial charge in [-0.05, 0) is 82.2 Å². The van der Waals surface area contributed by atoms with E-state index in [4.69, 9.17) is 27.4 Å². The average Bonchev–Trinajstić information content (AvgIpc) is 2.75. The molecule has 0 aromatic heterocycles. The van der Waals surface area contributed by atoms with Gasteiger partial charge in [0.1, 0.15) is 4.90 Å². The van der Waals surface area contributed by atoms with Gasteiger partial charge >= 0.3 is 10.1 Å². The van der Waals surface area contributed by atoms with E-state index in [1.807, 2.05) is 0 Å². The summed E-state index contributed by atoms with van der Waals surface area (Å²) in [5.41, 5.74) is 3.58. The van der Waals surface area contributed by atoms with Crippen molar-refractivity contribution < 1.29 is 22.2 Å². The number of carbonyl (C=O) groups is 2. The van der Waals surface area contributed by atoms with Crippen molar-refractivity contribution in [1.29, 1.82) is 0 Å². The second-order valence-corrected chi connectivity index (χ2v) is 10.0. The van der Waals surface area contributed by atoms with Crippen molar-refractivity contribution in [1.82, 2.24) is 5.43 Å². The van der Waals surface area contributed by atoms with Crippen LogP contribution in [0.4, 0.5) is 5.69 Å². The predicted molar refractivity (Wildman–Crippen MR) is 134 cm³/mol. The number of benzene rings is 3. The molecule has 0 saturated carbocycles. The third-order valence-electron chi connectivity index (χ3n) is 4.17. The van der Waals surface area contributed by atoms with Crippen LogP contribution in [0, 0.1) is 0 Å². The van der Waals surface area contributed by atoms with Crippen molar-refractivity contribution >= 4 is 73.0 Å². The van der Waals surface area contributed by atoms with E-state index < -0.39 is 16.0 Å². The zero-order valence-corrected chi connectivity index (χ0v) is 21.3. The van der Waals surface area contributed by atoms with Gasteiger partial charge in [0.25, 0.3) is 5.91 Å². The lowest BCUT2D eigenvalue weighted by atomic mass is 10.2. The van der Waals surface area contributed by atoms with Gasteiger partial charge in [0.2, 0.25) is 5.91 Å². The molecule has 0 aliphatic carbocycles. The molecule has 0 saturated heterocycles. The fourth-order valence-corrected chi connectivity index (χ4v) is 4.67. The number of carbonyl (C=O) groups excluding carboxylic acids is 2. The Kier molecular flexibility index (Phi) is 8.32. The summed E-state index contributed by atoms with van der Waals surface area (Å²) in [4.78, 5) is 23.2. The summed E-state index contributed by atoms with van der Waals surface area (Å²) in [6.45, 7) is 1.35. The van der Waals surface area contributed by atoms with Crippen LogP contribution in [0.25, 0.3) is 0 Å². The van der Waals surface area contributed by atoms with Crippen LogP contribution in [0.3, 0.4) is 0 Å². The third-order valence-corrected chi connectivity index (χ3v) is 6.59. The highest BCUT2D eigenvalue weighted by molar-refractivity contribution is 9.10. The molecule has 176 valence electrons. The van der Waals surface area contributed by atoms with Gasteiger partial charge in [0, 0.05) is 17.6 Å². The van der Waals surface area contributed by atoms with Crippen molar-refractivity contribution in [2.24, 2.45) is 5.10 Å². The van der Waals surface area contributed by atoms with Crippen molar-refractivity contribution in [2.45, 2.75) is 11.8 Å². The zero-order valence-electron chi connectivity index (χ0n) is 17.4. The Balaban J connectivity index is 1.67. The first-order valence-corrected chi connectivity index (χ1v) is 12.4. The van der Waals surface area contributed by atoms with E-state index in [0.29, 0.717) is 20.7 Å². The molecule has 2 amide bonds. The molecule has 3 rings (SSSR count). The molecule has 3 aromatic rings. The minimum absolute atomic E-state index is 0.0556. The zero-order chi connectivity index (χ0) is 24.9. The molecule has 8 nitrogen and oxygen atoms in total. The van der Waals surface area contributed by atoms with E-state index in [2.05, 4.69) is 31.8 Å². The molecule has 12 heteroatoms. The molecule has 34 heavy (non-hydrogen) atoms. The van der Waals surface area contributed by atoms with Gasteiger partial charge in [-0.15, -0.1) is 0 Å². The number of rotatable bonds is 7. The molecule has 0 bridgehead atoms. The van der Waals surface area contributed by atoms with E-state index >= 15 is 0 Å². The van der Waals surface area contributed by atoms with Gasteiger partial charge in [0.15, 0.2) is 5.75 Å². The number of hydrazone groups is 1. The van der Waals surface area contributed by atoms with E-state index in [1.54, 1.807) is 12.1 Å². The molecule has 0 heterocycles. The molecule has 2 N–H and O–H groups in total. The van der Waals surface area contributed by atoms with Crippen molar-refractivity contribution in [2.75, 3.05) is 5.32 Å². The second-order valence-electron chi connectivity index (χ2n) is 6.76. The largest absolute Gasteiger partial charge is 0.378 e. The fourth-order valence-electron chi connectivity index (χ4n) is 2.64. The fraction of sp³-hybridized carbons (Fsp3) is 0.0455. The number of anilines is 1. The third kappa shape index (κ3) is 6.80. The first kappa shape index (κ1) is 25.7. The first-order valence-electron chi connectivity index (χ1n) is 9.45. The molecule has 0 aliphatic heterocycles. The Morgan fingerprint density at radius 2 is 1.74 bits per heavy atom. The normalized spacial score (nSPS) is 11.3. The van der Waals surface area contributed by atoms with Crippen molar-refractivity contribution in [3.05, 3.63) is 86.3 Å². The Morgan fingerprint density at radius 3 is 2.35 bits per heavy atom.